The van der Waals surface area contributed by atoms with Gasteiger partial charge >= 0.3 is 0 Å². The van der Waals surface area contributed by atoms with Crippen LogP contribution in [0.3, 0.4) is 0 Å². The molecule has 0 aliphatic carbocycles. The molecule has 0 aliphatic heterocycles. The molecular formula is C15H12FNS. The van der Waals surface area contributed by atoms with Crippen LogP contribution in [0.4, 0.5) is 4.39 Å². The largest absolute Gasteiger partial charge is 0.207 e. The van der Waals surface area contributed by atoms with E-state index in [9.17, 15) is 4.39 Å². The number of hydrogen-bond acceptors (Lipinski definition) is 2. The summed E-state index contributed by atoms with van der Waals surface area (Å²) in [6.45, 7) is 0. The van der Waals surface area contributed by atoms with Crippen LogP contribution in [0.1, 0.15) is 16.7 Å². The zero-order valence-corrected chi connectivity index (χ0v) is 10.6. The van der Waals surface area contributed by atoms with E-state index in [2.05, 4.69) is 12.1 Å². The van der Waals surface area contributed by atoms with E-state index < -0.39 is 0 Å². The number of nitrogens with zero attached hydrogens (tertiary/aromatic N) is 1. The summed E-state index contributed by atoms with van der Waals surface area (Å²) in [5.74, 6) is 1.18. The van der Waals surface area contributed by atoms with Crippen LogP contribution in [0.2, 0.25) is 0 Å². The van der Waals surface area contributed by atoms with Gasteiger partial charge in [-0.25, -0.2) is 4.39 Å². The van der Waals surface area contributed by atoms with E-state index >= 15 is 0 Å². The molecule has 0 aromatic heterocycles. The molecule has 0 spiro atoms. The van der Waals surface area contributed by atoms with Crippen LogP contribution in [0.25, 0.3) is 0 Å². The number of halogens is 1. The summed E-state index contributed by atoms with van der Waals surface area (Å²) < 4.78 is 13.6. The van der Waals surface area contributed by atoms with E-state index in [1.807, 2.05) is 24.3 Å². The predicted octanol–water partition coefficient (Wildman–Crippen LogP) is 4.13. The molecule has 18 heavy (non-hydrogen) atoms. The molecule has 0 unspecified atom stereocenters. The molecule has 0 atom stereocenters. The second-order valence-corrected chi connectivity index (χ2v) is 4.88. The molecule has 1 nitrogen and oxygen atoms in total. The van der Waals surface area contributed by atoms with Crippen molar-refractivity contribution >= 4 is 11.8 Å². The van der Waals surface area contributed by atoms with Crippen molar-refractivity contribution in [2.24, 2.45) is 0 Å². The Morgan fingerprint density at radius 1 is 1.06 bits per heavy atom. The van der Waals surface area contributed by atoms with E-state index in [0.29, 0.717) is 16.9 Å². The van der Waals surface area contributed by atoms with Gasteiger partial charge < -0.3 is 0 Å². The molecule has 0 heterocycles. The summed E-state index contributed by atoms with van der Waals surface area (Å²) in [5, 5.41) is 8.66. The van der Waals surface area contributed by atoms with E-state index in [-0.39, 0.29) is 5.82 Å². The highest BCUT2D eigenvalue weighted by atomic mass is 32.2. The zero-order valence-electron chi connectivity index (χ0n) is 9.77. The summed E-state index contributed by atoms with van der Waals surface area (Å²) in [4.78, 5) is 0. The van der Waals surface area contributed by atoms with Crippen LogP contribution >= 0.6 is 11.8 Å². The van der Waals surface area contributed by atoms with Crippen molar-refractivity contribution in [3.63, 3.8) is 0 Å². The highest BCUT2D eigenvalue weighted by Gasteiger charge is 2.03. The molecule has 0 fully saturated rings. The van der Waals surface area contributed by atoms with Gasteiger partial charge in [-0.2, -0.15) is 17.0 Å². The van der Waals surface area contributed by atoms with Crippen LogP contribution in [-0.2, 0) is 11.5 Å². The van der Waals surface area contributed by atoms with E-state index in [1.54, 1.807) is 23.9 Å². The van der Waals surface area contributed by atoms with Crippen molar-refractivity contribution in [3.8, 4) is 6.07 Å². The second kappa shape index (κ2) is 6.23. The van der Waals surface area contributed by atoms with Gasteiger partial charge in [0.15, 0.2) is 0 Å². The molecule has 0 radical (unpaired) electrons. The number of hydrogen-bond donors (Lipinski definition) is 0. The van der Waals surface area contributed by atoms with Gasteiger partial charge in [-0.1, -0.05) is 36.4 Å². The zero-order chi connectivity index (χ0) is 12.8. The van der Waals surface area contributed by atoms with Crippen molar-refractivity contribution in [1.82, 2.24) is 0 Å². The monoisotopic (exact) mass is 257 g/mol. The Hall–Kier alpha value is -1.79. The molecule has 0 saturated carbocycles. The minimum atomic E-state index is -0.297. The lowest BCUT2D eigenvalue weighted by Crippen LogP contribution is -1.90. The first-order chi connectivity index (χ1) is 8.79. The van der Waals surface area contributed by atoms with Crippen molar-refractivity contribution in [1.29, 1.82) is 5.26 Å². The first-order valence-electron chi connectivity index (χ1n) is 5.60. The Bertz CT molecular complexity index is 560. The third-order valence-corrected chi connectivity index (χ3v) is 3.60. The second-order valence-electron chi connectivity index (χ2n) is 3.90. The van der Waals surface area contributed by atoms with Crippen LogP contribution in [0.15, 0.2) is 48.5 Å². The van der Waals surface area contributed by atoms with Crippen molar-refractivity contribution in [2.45, 2.75) is 11.5 Å². The van der Waals surface area contributed by atoms with Crippen molar-refractivity contribution in [2.75, 3.05) is 0 Å². The Morgan fingerprint density at radius 3 is 2.50 bits per heavy atom. The first kappa shape index (κ1) is 12.7. The Labute approximate surface area is 110 Å². The number of thioether (sulfide) groups is 1. The maximum absolute atomic E-state index is 13.6. The molecular weight excluding hydrogens is 245 g/mol. The minimum absolute atomic E-state index is 0.297. The molecule has 0 saturated heterocycles. The summed E-state index contributed by atoms with van der Waals surface area (Å²) in [6.07, 6.45) is 0. The summed E-state index contributed by atoms with van der Waals surface area (Å²) in [6, 6.07) is 16.7. The number of benzene rings is 2. The lowest BCUT2D eigenvalue weighted by Gasteiger charge is -2.04. The first-order valence-corrected chi connectivity index (χ1v) is 6.75. The van der Waals surface area contributed by atoms with Gasteiger partial charge in [0.05, 0.1) is 11.6 Å². The topological polar surface area (TPSA) is 23.8 Å². The van der Waals surface area contributed by atoms with E-state index in [0.717, 1.165) is 5.75 Å². The number of nitriles is 1. The van der Waals surface area contributed by atoms with Crippen molar-refractivity contribution < 1.29 is 4.39 Å². The fourth-order valence-electron chi connectivity index (χ4n) is 1.59. The van der Waals surface area contributed by atoms with E-state index in [4.69, 9.17) is 5.26 Å². The molecule has 0 N–H and O–H groups in total. The van der Waals surface area contributed by atoms with Gasteiger partial charge in [-0.3, -0.25) is 0 Å². The van der Waals surface area contributed by atoms with Gasteiger partial charge in [0.25, 0.3) is 0 Å². The predicted molar refractivity (Wildman–Crippen MR) is 72.6 cm³/mol. The Balaban J connectivity index is 1.93. The molecule has 2 aromatic rings. The lowest BCUT2D eigenvalue weighted by molar-refractivity contribution is 0.617. The normalized spacial score (nSPS) is 10.0. The summed E-state index contributed by atoms with van der Waals surface area (Å²) in [5.41, 5.74) is 2.25. The molecule has 0 bridgehead atoms. The standard InChI is InChI=1S/C15H12FNS/c16-15-8-13(9-17)6-7-14(15)11-18-10-12-4-2-1-3-5-12/h1-8H,10-11H2. The number of rotatable bonds is 4. The van der Waals surface area contributed by atoms with Crippen LogP contribution in [-0.4, -0.2) is 0 Å². The fraction of sp³-hybridized carbons (Fsp3) is 0.133. The minimum Gasteiger partial charge on any atom is -0.207 e. The molecule has 3 heteroatoms. The quantitative estimate of drug-likeness (QED) is 0.822. The average Bonchev–Trinajstić information content (AvgIpc) is 2.42. The molecule has 0 amide bonds. The van der Waals surface area contributed by atoms with Gasteiger partial charge in [0.1, 0.15) is 5.82 Å². The van der Waals surface area contributed by atoms with E-state index in [1.165, 1.54) is 11.6 Å². The SMILES string of the molecule is N#Cc1ccc(CSCc2ccccc2)c(F)c1. The highest BCUT2D eigenvalue weighted by Crippen LogP contribution is 2.20. The Morgan fingerprint density at radius 2 is 1.83 bits per heavy atom. The van der Waals surface area contributed by atoms with Gasteiger partial charge in [0, 0.05) is 11.5 Å². The van der Waals surface area contributed by atoms with Crippen LogP contribution < -0.4 is 0 Å². The molecule has 2 aromatic carbocycles. The summed E-state index contributed by atoms with van der Waals surface area (Å²) in [7, 11) is 0. The molecule has 2 rings (SSSR count). The van der Waals surface area contributed by atoms with Gasteiger partial charge in [0.2, 0.25) is 0 Å². The average molecular weight is 257 g/mol. The maximum Gasteiger partial charge on any atom is 0.128 e. The molecule has 0 aliphatic rings. The Kier molecular flexibility index (Phi) is 4.38. The highest BCUT2D eigenvalue weighted by molar-refractivity contribution is 7.97. The lowest BCUT2D eigenvalue weighted by atomic mass is 10.1. The molecule has 90 valence electrons. The maximum atomic E-state index is 13.6. The third-order valence-electron chi connectivity index (χ3n) is 2.55. The summed E-state index contributed by atoms with van der Waals surface area (Å²) >= 11 is 1.66. The fourth-order valence-corrected chi connectivity index (χ4v) is 2.57. The van der Waals surface area contributed by atoms with Crippen LogP contribution in [0.5, 0.6) is 0 Å². The van der Waals surface area contributed by atoms with Crippen LogP contribution in [0, 0.1) is 17.1 Å². The third kappa shape index (κ3) is 3.35. The van der Waals surface area contributed by atoms with Crippen molar-refractivity contribution in [3.05, 3.63) is 71.0 Å². The van der Waals surface area contributed by atoms with Gasteiger partial charge in [-0.05, 0) is 23.3 Å². The smallest absolute Gasteiger partial charge is 0.128 e. The van der Waals surface area contributed by atoms with Gasteiger partial charge in [-0.15, -0.1) is 0 Å².